The minimum atomic E-state index is -1.70. The molecule has 0 saturated heterocycles. The molecule has 9 nitrogen and oxygen atoms in total. The van der Waals surface area contributed by atoms with E-state index in [0.717, 1.165) is 6.20 Å². The third kappa shape index (κ3) is 4.77. The van der Waals surface area contributed by atoms with Crippen molar-refractivity contribution in [1.29, 1.82) is 0 Å². The molecule has 4 rings (SSSR count). The molecule has 1 aromatic carbocycles. The first kappa shape index (κ1) is 22.2. The zero-order valence-corrected chi connectivity index (χ0v) is 17.8. The van der Waals surface area contributed by atoms with Crippen molar-refractivity contribution in [2.45, 2.75) is 26.0 Å². The SMILES string of the molecule is CC(=O)C(C)(O)CNc1nc(-c2cc(-c3ccon3)n(Cc3ccccc3F)n2)ncc1F. The third-order valence-electron chi connectivity index (χ3n) is 5.09. The quantitative estimate of drug-likeness (QED) is 0.417. The number of Topliss-reactive ketones (excluding diaryl/α,β-unsaturated/α-hetero) is 1. The number of hydrogen-bond donors (Lipinski definition) is 2. The molecule has 11 heteroatoms. The van der Waals surface area contributed by atoms with E-state index in [-0.39, 0.29) is 36.2 Å². The molecule has 0 amide bonds. The summed E-state index contributed by atoms with van der Waals surface area (Å²) in [6.45, 7) is 2.40. The minimum absolute atomic E-state index is 0.0818. The van der Waals surface area contributed by atoms with Crippen LogP contribution < -0.4 is 5.32 Å². The predicted octanol–water partition coefficient (Wildman–Crippen LogP) is 3.07. The average Bonchev–Trinajstić information content (AvgIpc) is 3.45. The number of aliphatic hydroxyl groups is 1. The zero-order chi connectivity index (χ0) is 23.6. The molecule has 3 heterocycles. The van der Waals surface area contributed by atoms with Gasteiger partial charge in [0, 0.05) is 11.6 Å². The molecule has 170 valence electrons. The van der Waals surface area contributed by atoms with Gasteiger partial charge in [0.15, 0.2) is 23.2 Å². The Bertz CT molecular complexity index is 1290. The number of benzene rings is 1. The van der Waals surface area contributed by atoms with Crippen LogP contribution >= 0.6 is 0 Å². The molecule has 0 bridgehead atoms. The number of carbonyl (C=O) groups excluding carboxylic acids is 1. The molecule has 0 aliphatic heterocycles. The fourth-order valence-corrected chi connectivity index (χ4v) is 2.98. The van der Waals surface area contributed by atoms with E-state index < -0.39 is 17.2 Å². The first-order chi connectivity index (χ1) is 15.7. The lowest BCUT2D eigenvalue weighted by atomic mass is 10.0. The third-order valence-corrected chi connectivity index (χ3v) is 5.09. The number of aromatic nitrogens is 5. The topological polar surface area (TPSA) is 119 Å². The van der Waals surface area contributed by atoms with Crippen molar-refractivity contribution in [2.75, 3.05) is 11.9 Å². The summed E-state index contributed by atoms with van der Waals surface area (Å²) in [5.41, 5.74) is -0.0256. The van der Waals surface area contributed by atoms with E-state index in [1.54, 1.807) is 30.3 Å². The molecule has 33 heavy (non-hydrogen) atoms. The van der Waals surface area contributed by atoms with E-state index in [1.807, 2.05) is 0 Å². The van der Waals surface area contributed by atoms with Gasteiger partial charge in [-0.25, -0.2) is 18.7 Å². The second-order valence-corrected chi connectivity index (χ2v) is 7.62. The highest BCUT2D eigenvalue weighted by Crippen LogP contribution is 2.26. The van der Waals surface area contributed by atoms with Crippen LogP contribution in [0.3, 0.4) is 0 Å². The monoisotopic (exact) mass is 454 g/mol. The lowest BCUT2D eigenvalue weighted by Crippen LogP contribution is -2.40. The van der Waals surface area contributed by atoms with Crippen LogP contribution in [0.2, 0.25) is 0 Å². The first-order valence-corrected chi connectivity index (χ1v) is 9.97. The van der Waals surface area contributed by atoms with Gasteiger partial charge in [-0.1, -0.05) is 23.4 Å². The molecule has 0 fully saturated rings. The summed E-state index contributed by atoms with van der Waals surface area (Å²) in [5, 5.41) is 21.1. The highest BCUT2D eigenvalue weighted by atomic mass is 19.1. The van der Waals surface area contributed by atoms with Crippen LogP contribution in [0.25, 0.3) is 22.9 Å². The number of anilines is 1. The van der Waals surface area contributed by atoms with Crippen LogP contribution in [0, 0.1) is 11.6 Å². The molecule has 0 aliphatic carbocycles. The van der Waals surface area contributed by atoms with E-state index in [4.69, 9.17) is 4.52 Å². The average molecular weight is 454 g/mol. The largest absolute Gasteiger partial charge is 0.381 e. The lowest BCUT2D eigenvalue weighted by Gasteiger charge is -2.20. The molecule has 0 spiro atoms. The van der Waals surface area contributed by atoms with Gasteiger partial charge < -0.3 is 14.9 Å². The molecular weight excluding hydrogens is 434 g/mol. The Morgan fingerprint density at radius 1 is 1.21 bits per heavy atom. The van der Waals surface area contributed by atoms with Crippen molar-refractivity contribution in [2.24, 2.45) is 0 Å². The van der Waals surface area contributed by atoms with E-state index in [1.165, 1.54) is 30.9 Å². The molecule has 0 aliphatic rings. The Hall–Kier alpha value is -3.99. The summed E-state index contributed by atoms with van der Waals surface area (Å²) in [6, 6.07) is 9.56. The first-order valence-electron chi connectivity index (χ1n) is 9.97. The maximum atomic E-state index is 14.3. The summed E-state index contributed by atoms with van der Waals surface area (Å²) < 4.78 is 34.9. The fourth-order valence-electron chi connectivity index (χ4n) is 2.98. The van der Waals surface area contributed by atoms with Gasteiger partial charge in [0.2, 0.25) is 0 Å². The van der Waals surface area contributed by atoms with Crippen LogP contribution in [0.4, 0.5) is 14.6 Å². The van der Waals surface area contributed by atoms with E-state index >= 15 is 0 Å². The standard InChI is InChI=1S/C22H20F2N6O3/c1-13(31)22(2,32)12-26-20-16(24)10-25-21(27-20)18-9-19(17-7-8-33-29-17)30(28-18)11-14-5-3-4-6-15(14)23/h3-10,32H,11-12H2,1-2H3,(H,25,26,27). The van der Waals surface area contributed by atoms with Crippen LogP contribution in [-0.2, 0) is 11.3 Å². The number of nitrogens with zero attached hydrogens (tertiary/aromatic N) is 5. The van der Waals surface area contributed by atoms with E-state index in [9.17, 15) is 18.7 Å². The summed E-state index contributed by atoms with van der Waals surface area (Å²) in [4.78, 5) is 19.7. The van der Waals surface area contributed by atoms with Crippen LogP contribution in [-0.4, -0.2) is 47.9 Å². The predicted molar refractivity (Wildman–Crippen MR) is 114 cm³/mol. The number of ketones is 1. The van der Waals surface area contributed by atoms with Gasteiger partial charge in [0.05, 0.1) is 25.0 Å². The van der Waals surface area contributed by atoms with Gasteiger partial charge in [-0.2, -0.15) is 5.10 Å². The van der Waals surface area contributed by atoms with Crippen LogP contribution in [0.15, 0.2) is 53.4 Å². The maximum absolute atomic E-state index is 14.3. The van der Waals surface area contributed by atoms with Gasteiger partial charge in [-0.05, 0) is 26.0 Å². The molecule has 3 aromatic heterocycles. The Labute approximate surface area is 187 Å². The van der Waals surface area contributed by atoms with Gasteiger partial charge in [0.25, 0.3) is 0 Å². The Morgan fingerprint density at radius 2 is 2.00 bits per heavy atom. The molecule has 4 aromatic rings. The van der Waals surface area contributed by atoms with E-state index in [0.29, 0.717) is 17.0 Å². The van der Waals surface area contributed by atoms with Crippen molar-refractivity contribution in [3.63, 3.8) is 0 Å². The van der Waals surface area contributed by atoms with Crippen molar-refractivity contribution < 1.29 is 23.2 Å². The second-order valence-electron chi connectivity index (χ2n) is 7.62. The van der Waals surface area contributed by atoms with Crippen molar-refractivity contribution in [3.8, 4) is 22.9 Å². The molecule has 1 unspecified atom stereocenters. The van der Waals surface area contributed by atoms with Gasteiger partial charge in [-0.3, -0.25) is 9.48 Å². The van der Waals surface area contributed by atoms with Crippen molar-refractivity contribution in [3.05, 3.63) is 66.1 Å². The minimum Gasteiger partial charge on any atom is -0.381 e. The Balaban J connectivity index is 1.69. The van der Waals surface area contributed by atoms with Crippen molar-refractivity contribution >= 4 is 11.6 Å². The molecule has 1 atom stereocenters. The molecular formula is C22H20F2N6O3. The Kier molecular flexibility index (Phi) is 5.97. The molecule has 2 N–H and O–H groups in total. The number of carbonyl (C=O) groups is 1. The number of rotatable bonds is 8. The lowest BCUT2D eigenvalue weighted by molar-refractivity contribution is -0.132. The molecule has 0 radical (unpaired) electrons. The summed E-state index contributed by atoms with van der Waals surface area (Å²) in [5.74, 6) is -1.75. The zero-order valence-electron chi connectivity index (χ0n) is 17.8. The van der Waals surface area contributed by atoms with E-state index in [2.05, 4.69) is 25.5 Å². The van der Waals surface area contributed by atoms with Gasteiger partial charge in [0.1, 0.15) is 29.1 Å². The van der Waals surface area contributed by atoms with Crippen LogP contribution in [0.1, 0.15) is 19.4 Å². The Morgan fingerprint density at radius 3 is 2.70 bits per heavy atom. The molecule has 0 saturated carbocycles. The van der Waals surface area contributed by atoms with Gasteiger partial charge >= 0.3 is 0 Å². The summed E-state index contributed by atoms with van der Waals surface area (Å²) in [6.07, 6.45) is 2.35. The van der Waals surface area contributed by atoms with Gasteiger partial charge in [-0.15, -0.1) is 0 Å². The highest BCUT2D eigenvalue weighted by molar-refractivity contribution is 5.84. The smallest absolute Gasteiger partial charge is 0.183 e. The number of halogens is 2. The van der Waals surface area contributed by atoms with Crippen LogP contribution in [0.5, 0.6) is 0 Å². The van der Waals surface area contributed by atoms with Crippen molar-refractivity contribution in [1.82, 2.24) is 24.9 Å². The normalized spacial score (nSPS) is 13.0. The highest BCUT2D eigenvalue weighted by Gasteiger charge is 2.27. The fraction of sp³-hybridized carbons (Fsp3) is 0.227. The maximum Gasteiger partial charge on any atom is 0.183 e. The number of hydrogen-bond acceptors (Lipinski definition) is 8. The second kappa shape index (κ2) is 8.87. The number of nitrogens with one attached hydrogen (secondary N) is 1. The summed E-state index contributed by atoms with van der Waals surface area (Å²) >= 11 is 0. The summed E-state index contributed by atoms with van der Waals surface area (Å²) in [7, 11) is 0.